The van der Waals surface area contributed by atoms with Crippen molar-refractivity contribution in [2.75, 3.05) is 7.05 Å². The Morgan fingerprint density at radius 3 is 2.94 bits per heavy atom. The van der Waals surface area contributed by atoms with Crippen molar-refractivity contribution in [1.29, 1.82) is 0 Å². The number of aromatic nitrogens is 1. The third kappa shape index (κ3) is 1.70. The Bertz CT molecular complexity index is 374. The van der Waals surface area contributed by atoms with Crippen molar-refractivity contribution in [3.63, 3.8) is 0 Å². The molecule has 0 spiro atoms. The Balaban J connectivity index is 1.77. The summed E-state index contributed by atoms with van der Waals surface area (Å²) in [6, 6.07) is 0.392. The first-order valence-corrected chi connectivity index (χ1v) is 7.28. The Morgan fingerprint density at radius 1 is 1.44 bits per heavy atom. The van der Waals surface area contributed by atoms with Crippen LogP contribution in [-0.4, -0.2) is 12.0 Å². The average Bonchev–Trinajstić information content (AvgIpc) is 3.02. The number of thiazole rings is 1. The van der Waals surface area contributed by atoms with E-state index in [0.717, 1.165) is 17.8 Å². The fraction of sp³-hybridized carbons (Fsp3) is 0.769. The molecule has 2 nitrogen and oxygen atoms in total. The smallest absolute Gasteiger partial charge is 0.0962 e. The van der Waals surface area contributed by atoms with Crippen LogP contribution >= 0.6 is 11.3 Å². The van der Waals surface area contributed by atoms with Crippen molar-refractivity contribution in [3.05, 3.63) is 16.1 Å². The van der Waals surface area contributed by atoms with Gasteiger partial charge < -0.3 is 5.32 Å². The van der Waals surface area contributed by atoms with E-state index in [0.29, 0.717) is 6.04 Å². The normalized spacial score (nSPS) is 34.5. The van der Waals surface area contributed by atoms with Crippen LogP contribution in [0.4, 0.5) is 0 Å². The largest absolute Gasteiger partial charge is 0.312 e. The minimum Gasteiger partial charge on any atom is -0.312 e. The van der Waals surface area contributed by atoms with Gasteiger partial charge in [0.05, 0.1) is 10.7 Å². The lowest BCUT2D eigenvalue weighted by Crippen LogP contribution is -2.13. The second-order valence-electron chi connectivity index (χ2n) is 5.40. The van der Waals surface area contributed by atoms with Gasteiger partial charge in [0, 0.05) is 17.3 Å². The predicted octanol–water partition coefficient (Wildman–Crippen LogP) is 3.33. The lowest BCUT2D eigenvalue weighted by Gasteiger charge is -2.19. The molecular formula is C13H20N2S. The van der Waals surface area contributed by atoms with E-state index in [1.807, 2.05) is 18.4 Å². The minimum atomic E-state index is 0.392. The molecule has 1 aromatic rings. The number of rotatable bonds is 3. The molecule has 1 N–H and O–H groups in total. The van der Waals surface area contributed by atoms with Crippen LogP contribution in [0.3, 0.4) is 0 Å². The van der Waals surface area contributed by atoms with Crippen molar-refractivity contribution in [2.24, 2.45) is 11.8 Å². The summed E-state index contributed by atoms with van der Waals surface area (Å²) >= 11 is 1.88. The third-order valence-electron chi connectivity index (χ3n) is 4.47. The Labute approximate surface area is 101 Å². The van der Waals surface area contributed by atoms with Gasteiger partial charge in [0.1, 0.15) is 0 Å². The fourth-order valence-corrected chi connectivity index (χ4v) is 4.48. The van der Waals surface area contributed by atoms with Gasteiger partial charge in [-0.25, -0.2) is 4.98 Å². The number of hydrogen-bond donors (Lipinski definition) is 1. The van der Waals surface area contributed by atoms with Gasteiger partial charge in [0.15, 0.2) is 0 Å². The van der Waals surface area contributed by atoms with Gasteiger partial charge >= 0.3 is 0 Å². The van der Waals surface area contributed by atoms with Gasteiger partial charge in [0.25, 0.3) is 0 Å². The quantitative estimate of drug-likeness (QED) is 0.870. The van der Waals surface area contributed by atoms with Crippen LogP contribution in [0.5, 0.6) is 0 Å². The van der Waals surface area contributed by atoms with E-state index >= 15 is 0 Å². The second kappa shape index (κ2) is 4.11. The molecule has 0 saturated heterocycles. The summed E-state index contributed by atoms with van der Waals surface area (Å²) in [6.45, 7) is 2.18. The number of fused-ring (bicyclic) bond motifs is 2. The molecular weight excluding hydrogens is 216 g/mol. The van der Waals surface area contributed by atoms with Crippen LogP contribution in [0, 0.1) is 11.8 Å². The van der Waals surface area contributed by atoms with Crippen LogP contribution in [0.15, 0.2) is 5.38 Å². The van der Waals surface area contributed by atoms with Crippen molar-refractivity contribution in [2.45, 2.75) is 44.6 Å². The van der Waals surface area contributed by atoms with Crippen LogP contribution in [0.2, 0.25) is 0 Å². The highest BCUT2D eigenvalue weighted by atomic mass is 32.1. The zero-order valence-electron chi connectivity index (χ0n) is 10.1. The zero-order chi connectivity index (χ0) is 11.1. The number of nitrogens with one attached hydrogen (secondary N) is 1. The summed E-state index contributed by atoms with van der Waals surface area (Å²) in [5.74, 6) is 2.76. The Kier molecular flexibility index (Phi) is 2.76. The molecule has 2 aliphatic carbocycles. The standard InChI is InChI=1S/C13H20N2S/c1-8(14-2)12-7-16-13(15-12)11-6-9-3-4-10(11)5-9/h7-11,14H,3-6H2,1-2H3. The van der Waals surface area contributed by atoms with Gasteiger partial charge in [0.2, 0.25) is 0 Å². The van der Waals surface area contributed by atoms with Crippen molar-refractivity contribution >= 4 is 11.3 Å². The summed E-state index contributed by atoms with van der Waals surface area (Å²) in [5.41, 5.74) is 1.23. The molecule has 1 aromatic heterocycles. The fourth-order valence-electron chi connectivity index (χ4n) is 3.36. The van der Waals surface area contributed by atoms with E-state index in [1.54, 1.807) is 0 Å². The summed E-state index contributed by atoms with van der Waals surface area (Å²) in [7, 11) is 2.00. The Morgan fingerprint density at radius 2 is 2.31 bits per heavy atom. The maximum Gasteiger partial charge on any atom is 0.0962 e. The van der Waals surface area contributed by atoms with Gasteiger partial charge in [-0.1, -0.05) is 6.42 Å². The molecule has 3 rings (SSSR count). The predicted molar refractivity (Wildman–Crippen MR) is 67.8 cm³/mol. The van der Waals surface area contributed by atoms with E-state index in [2.05, 4.69) is 17.6 Å². The first-order valence-electron chi connectivity index (χ1n) is 6.40. The van der Waals surface area contributed by atoms with Gasteiger partial charge in [-0.15, -0.1) is 11.3 Å². The molecule has 0 aliphatic heterocycles. The van der Waals surface area contributed by atoms with Crippen LogP contribution < -0.4 is 5.32 Å². The minimum absolute atomic E-state index is 0.392. The molecule has 4 unspecified atom stereocenters. The number of nitrogens with zero attached hydrogens (tertiary/aromatic N) is 1. The highest BCUT2D eigenvalue weighted by Crippen LogP contribution is 2.53. The monoisotopic (exact) mass is 236 g/mol. The molecule has 88 valence electrons. The molecule has 1 heterocycles. The average molecular weight is 236 g/mol. The highest BCUT2D eigenvalue weighted by molar-refractivity contribution is 7.09. The van der Waals surface area contributed by atoms with Gasteiger partial charge in [-0.3, -0.25) is 0 Å². The lowest BCUT2D eigenvalue weighted by molar-refractivity contribution is 0.418. The lowest BCUT2D eigenvalue weighted by atomic mass is 9.89. The van der Waals surface area contributed by atoms with Gasteiger partial charge in [-0.2, -0.15) is 0 Å². The van der Waals surface area contributed by atoms with Crippen LogP contribution in [0.1, 0.15) is 55.3 Å². The maximum atomic E-state index is 4.84. The van der Waals surface area contributed by atoms with Gasteiger partial charge in [-0.05, 0) is 45.1 Å². The molecule has 2 bridgehead atoms. The molecule has 16 heavy (non-hydrogen) atoms. The molecule has 0 radical (unpaired) electrons. The first kappa shape index (κ1) is 10.7. The van der Waals surface area contributed by atoms with Crippen molar-refractivity contribution in [3.8, 4) is 0 Å². The molecule has 3 heteroatoms. The highest BCUT2D eigenvalue weighted by Gasteiger charge is 2.41. The summed E-state index contributed by atoms with van der Waals surface area (Å²) < 4.78 is 0. The summed E-state index contributed by atoms with van der Waals surface area (Å²) in [4.78, 5) is 4.84. The zero-order valence-corrected chi connectivity index (χ0v) is 10.9. The van der Waals surface area contributed by atoms with Crippen molar-refractivity contribution < 1.29 is 0 Å². The summed E-state index contributed by atoms with van der Waals surface area (Å²) in [5, 5.41) is 6.91. The third-order valence-corrected chi connectivity index (χ3v) is 5.47. The Hall–Kier alpha value is -0.410. The summed E-state index contributed by atoms with van der Waals surface area (Å²) in [6.07, 6.45) is 5.81. The second-order valence-corrected chi connectivity index (χ2v) is 6.29. The van der Waals surface area contributed by atoms with E-state index in [1.165, 1.54) is 36.4 Å². The van der Waals surface area contributed by atoms with Crippen LogP contribution in [0.25, 0.3) is 0 Å². The van der Waals surface area contributed by atoms with E-state index in [-0.39, 0.29) is 0 Å². The molecule has 2 saturated carbocycles. The molecule has 2 fully saturated rings. The SMILES string of the molecule is CNC(C)c1csc(C2CC3CCC2C3)n1. The topological polar surface area (TPSA) is 24.9 Å². The van der Waals surface area contributed by atoms with Crippen LogP contribution in [-0.2, 0) is 0 Å². The van der Waals surface area contributed by atoms with E-state index < -0.39 is 0 Å². The maximum absolute atomic E-state index is 4.84. The van der Waals surface area contributed by atoms with E-state index in [9.17, 15) is 0 Å². The van der Waals surface area contributed by atoms with E-state index in [4.69, 9.17) is 4.98 Å². The molecule has 4 atom stereocenters. The van der Waals surface area contributed by atoms with Crippen molar-refractivity contribution in [1.82, 2.24) is 10.3 Å². The molecule has 0 aromatic carbocycles. The first-order chi connectivity index (χ1) is 7.78. The molecule has 2 aliphatic rings. The number of hydrogen-bond acceptors (Lipinski definition) is 3. The molecule has 0 amide bonds.